The number of hydrogen-bond donors (Lipinski definition) is 4. The largest absolute Gasteiger partial charge is 0.483 e. The van der Waals surface area contributed by atoms with E-state index in [2.05, 4.69) is 10.1 Å². The molecular weight excluding hydrogens is 500 g/mol. The van der Waals surface area contributed by atoms with Crippen LogP contribution in [0.4, 0.5) is 0 Å². The normalized spacial score (nSPS) is 16.5. The number of carbonyl (C=O) groups excluding carboxylic acids is 3. The highest BCUT2D eigenvalue weighted by Crippen LogP contribution is 2.22. The summed E-state index contributed by atoms with van der Waals surface area (Å²) in [5.74, 6) is -2.84. The zero-order valence-corrected chi connectivity index (χ0v) is 20.9. The Bertz CT molecular complexity index is 1120. The van der Waals surface area contributed by atoms with Gasteiger partial charge in [0.05, 0.1) is 0 Å². The van der Waals surface area contributed by atoms with E-state index >= 15 is 0 Å². The number of carboxylic acids is 2. The Morgan fingerprint density at radius 2 is 1.32 bits per heavy atom. The number of nitrogens with one attached hydrogen (secondary N) is 1. The van der Waals surface area contributed by atoms with Crippen LogP contribution in [0.3, 0.4) is 0 Å². The summed E-state index contributed by atoms with van der Waals surface area (Å²) < 4.78 is 3.97. The molecule has 0 bridgehead atoms. The average molecular weight is 531 g/mol. The number of amides is 1. The van der Waals surface area contributed by atoms with Crippen molar-refractivity contribution in [3.05, 3.63) is 70.8 Å². The summed E-state index contributed by atoms with van der Waals surface area (Å²) in [6, 6.07) is 14.4. The molecule has 2 atom stereocenters. The second-order valence-corrected chi connectivity index (χ2v) is 8.04. The Hall–Kier alpha value is -4.58. The fourth-order valence-electron chi connectivity index (χ4n) is 3.71. The van der Waals surface area contributed by atoms with Crippen molar-refractivity contribution in [3.8, 4) is 0 Å². The second kappa shape index (κ2) is 16.2. The number of benzene rings is 2. The molecule has 4 rings (SSSR count). The van der Waals surface area contributed by atoms with Gasteiger partial charge in [0.1, 0.15) is 12.1 Å². The monoisotopic (exact) mass is 530 g/mol. The molecule has 12 heteroatoms. The summed E-state index contributed by atoms with van der Waals surface area (Å²) in [5, 5.41) is 27.6. The number of rotatable bonds is 3. The third kappa shape index (κ3) is 10.6. The van der Waals surface area contributed by atoms with Crippen molar-refractivity contribution in [1.82, 2.24) is 10.2 Å². The number of carboxylic acid groups (broad SMARTS) is 3. The van der Waals surface area contributed by atoms with Gasteiger partial charge >= 0.3 is 23.9 Å². The minimum Gasteiger partial charge on any atom is -0.483 e. The maximum Gasteiger partial charge on any atom is 0.326 e. The molecule has 12 nitrogen and oxygen atoms in total. The first-order valence-electron chi connectivity index (χ1n) is 11.3. The van der Waals surface area contributed by atoms with Gasteiger partial charge in [-0.3, -0.25) is 24.0 Å². The van der Waals surface area contributed by atoms with Gasteiger partial charge in [0.15, 0.2) is 0 Å². The van der Waals surface area contributed by atoms with Crippen LogP contribution in [0.2, 0.25) is 0 Å². The lowest BCUT2D eigenvalue weighted by Gasteiger charge is -2.31. The van der Waals surface area contributed by atoms with Crippen molar-refractivity contribution >= 4 is 36.8 Å². The van der Waals surface area contributed by atoms with Gasteiger partial charge in [-0.2, -0.15) is 0 Å². The van der Waals surface area contributed by atoms with E-state index in [-0.39, 0.29) is 6.47 Å². The predicted molar refractivity (Wildman–Crippen MR) is 133 cm³/mol. The Labute approximate surface area is 218 Å². The quantitative estimate of drug-likeness (QED) is 0.254. The lowest BCUT2D eigenvalue weighted by molar-refractivity contribution is -0.156. The number of carbonyl (C=O) groups is 6. The Morgan fingerprint density at radius 1 is 0.842 bits per heavy atom. The minimum atomic E-state index is -0.948. The van der Waals surface area contributed by atoms with E-state index in [1.54, 1.807) is 0 Å². The van der Waals surface area contributed by atoms with Gasteiger partial charge in [-0.1, -0.05) is 48.5 Å². The van der Waals surface area contributed by atoms with Crippen LogP contribution in [0.1, 0.15) is 36.1 Å². The highest BCUT2D eigenvalue weighted by molar-refractivity contribution is 5.82. The molecule has 0 spiro atoms. The molecule has 38 heavy (non-hydrogen) atoms. The van der Waals surface area contributed by atoms with Crippen molar-refractivity contribution < 1.29 is 48.8 Å². The van der Waals surface area contributed by atoms with Crippen molar-refractivity contribution in [1.29, 1.82) is 0 Å². The number of fused-ring (bicyclic) bond motifs is 2. The smallest absolute Gasteiger partial charge is 0.326 e. The van der Waals surface area contributed by atoms with Crippen LogP contribution in [0.15, 0.2) is 48.5 Å². The average Bonchev–Trinajstić information content (AvgIpc) is 2.88. The summed E-state index contributed by atoms with van der Waals surface area (Å²) in [6.45, 7) is 3.16. The van der Waals surface area contributed by atoms with Crippen LogP contribution in [0.25, 0.3) is 0 Å². The number of esters is 2. The molecule has 0 aromatic heterocycles. The zero-order valence-electron chi connectivity index (χ0n) is 20.9. The molecule has 2 aromatic carbocycles. The van der Waals surface area contributed by atoms with E-state index in [0.29, 0.717) is 32.3 Å². The summed E-state index contributed by atoms with van der Waals surface area (Å²) in [5.41, 5.74) is 4.40. The Morgan fingerprint density at radius 3 is 1.74 bits per heavy atom. The Balaban J connectivity index is 0.000000286. The Kier molecular flexibility index (Phi) is 13.4. The topological polar surface area (TPSA) is 188 Å². The van der Waals surface area contributed by atoms with Crippen molar-refractivity contribution in [3.63, 3.8) is 0 Å². The lowest BCUT2D eigenvalue weighted by Crippen LogP contribution is -2.44. The van der Waals surface area contributed by atoms with Crippen LogP contribution in [-0.4, -0.2) is 69.1 Å². The van der Waals surface area contributed by atoms with E-state index in [1.165, 1.54) is 24.3 Å². The van der Waals surface area contributed by atoms with E-state index in [9.17, 15) is 24.0 Å². The van der Waals surface area contributed by atoms with Gasteiger partial charge in [-0.25, -0.2) is 4.79 Å². The summed E-state index contributed by atoms with van der Waals surface area (Å²) in [7, 11) is 0. The highest BCUT2D eigenvalue weighted by Gasteiger charge is 2.30. The van der Waals surface area contributed by atoms with Crippen LogP contribution < -0.4 is 5.32 Å². The van der Waals surface area contributed by atoms with Crippen molar-refractivity contribution in [2.24, 2.45) is 0 Å². The number of hydrogen-bond acceptors (Lipinski definition) is 8. The first-order valence-corrected chi connectivity index (χ1v) is 11.3. The van der Waals surface area contributed by atoms with E-state index in [1.807, 2.05) is 48.5 Å². The molecule has 2 aliphatic rings. The molecule has 0 radical (unpaired) electrons. The summed E-state index contributed by atoms with van der Waals surface area (Å²) in [6.07, 6.45) is 1.59. The van der Waals surface area contributed by atoms with Gasteiger partial charge in [0, 0.05) is 33.4 Å². The molecule has 1 amide bonds. The van der Waals surface area contributed by atoms with Crippen molar-refractivity contribution in [2.75, 3.05) is 0 Å². The van der Waals surface area contributed by atoms with Crippen LogP contribution in [0.5, 0.6) is 0 Å². The molecule has 2 aliphatic heterocycles. The van der Waals surface area contributed by atoms with Gasteiger partial charge < -0.3 is 30.3 Å². The molecule has 0 aliphatic carbocycles. The van der Waals surface area contributed by atoms with Gasteiger partial charge in [-0.05, 0) is 28.7 Å². The number of ether oxygens (including phenoxy) is 1. The first-order chi connectivity index (χ1) is 18.0. The van der Waals surface area contributed by atoms with Crippen LogP contribution in [0, 0.1) is 0 Å². The lowest BCUT2D eigenvalue weighted by atomic mass is 9.94. The predicted octanol–water partition coefficient (Wildman–Crippen LogP) is 1.24. The standard InChI is InChI=1S/C11H11NO3.C10H11NO2.C4H6O3.CH2O2/c13-7-12-6-9-4-2-1-3-8(9)5-10(12)11(14)15;12-10(13)9-5-7-3-1-2-4-8(7)6-11-9;1-3(5)7-4(2)6;2-1-3/h1-4,7,10H,5-6H2,(H,14,15);1-4,9,11H,5-6H2,(H,12,13);1-2H3;1H,(H,2,3). The molecule has 2 heterocycles. The fourth-order valence-corrected chi connectivity index (χ4v) is 3.71. The third-order valence-electron chi connectivity index (χ3n) is 5.37. The second-order valence-electron chi connectivity index (χ2n) is 8.04. The fraction of sp³-hybridized carbons (Fsp3) is 0.308. The minimum absolute atomic E-state index is 0.250. The third-order valence-corrected chi connectivity index (χ3v) is 5.37. The molecule has 4 N–H and O–H groups in total. The summed E-state index contributed by atoms with van der Waals surface area (Å²) in [4.78, 5) is 61.7. The molecule has 2 aromatic rings. The zero-order chi connectivity index (χ0) is 28.7. The SMILES string of the molecule is CC(=O)OC(C)=O.O=C(O)C1Cc2ccccc2CN1.O=CN1Cc2ccccc2CC1C(=O)O.O=CO. The van der Waals surface area contributed by atoms with Crippen molar-refractivity contribution in [2.45, 2.75) is 51.9 Å². The van der Waals surface area contributed by atoms with E-state index in [4.69, 9.17) is 20.1 Å². The molecular formula is C26H30N2O10. The van der Waals surface area contributed by atoms with Gasteiger partial charge in [-0.15, -0.1) is 0 Å². The van der Waals surface area contributed by atoms with Crippen LogP contribution in [-0.2, 0) is 59.4 Å². The van der Waals surface area contributed by atoms with E-state index < -0.39 is 36.0 Å². The highest BCUT2D eigenvalue weighted by atomic mass is 16.6. The molecule has 0 saturated heterocycles. The molecule has 2 unspecified atom stereocenters. The molecule has 0 saturated carbocycles. The number of aliphatic carboxylic acids is 2. The first kappa shape index (κ1) is 31.4. The number of nitrogens with zero attached hydrogens (tertiary/aromatic N) is 1. The van der Waals surface area contributed by atoms with Gasteiger partial charge in [0.25, 0.3) is 6.47 Å². The maximum atomic E-state index is 10.9. The molecule has 0 fully saturated rings. The molecule has 204 valence electrons. The van der Waals surface area contributed by atoms with E-state index in [0.717, 1.165) is 16.7 Å². The maximum absolute atomic E-state index is 10.9. The van der Waals surface area contributed by atoms with Gasteiger partial charge in [0.2, 0.25) is 6.41 Å². The summed E-state index contributed by atoms with van der Waals surface area (Å²) >= 11 is 0. The van der Waals surface area contributed by atoms with Crippen LogP contribution >= 0.6 is 0 Å².